The van der Waals surface area contributed by atoms with Gasteiger partial charge in [-0.25, -0.2) is 15.8 Å². The second kappa shape index (κ2) is 6.38. The van der Waals surface area contributed by atoms with Gasteiger partial charge in [0, 0.05) is 19.3 Å². The topological polar surface area (TPSA) is 131 Å². The highest BCUT2D eigenvalue weighted by molar-refractivity contribution is 5.99. The highest BCUT2D eigenvalue weighted by Gasteiger charge is 2.16. The van der Waals surface area contributed by atoms with Gasteiger partial charge in [-0.05, 0) is 12.1 Å². The summed E-state index contributed by atoms with van der Waals surface area (Å²) in [6.45, 7) is 0. The van der Waals surface area contributed by atoms with Crippen molar-refractivity contribution in [3.8, 4) is 5.88 Å². The number of hydrogen-bond acceptors (Lipinski definition) is 8. The molecule has 1 amide bonds. The van der Waals surface area contributed by atoms with E-state index in [0.29, 0.717) is 28.9 Å². The molecule has 10 nitrogen and oxygen atoms in total. The van der Waals surface area contributed by atoms with Gasteiger partial charge in [-0.1, -0.05) is 0 Å². The van der Waals surface area contributed by atoms with Gasteiger partial charge in [0.05, 0.1) is 13.3 Å². The van der Waals surface area contributed by atoms with E-state index in [0.717, 1.165) is 0 Å². The number of carbonyl (C=O) groups excluding carboxylic acids is 1. The predicted molar refractivity (Wildman–Crippen MR) is 88.3 cm³/mol. The Bertz CT molecular complexity index is 892. The summed E-state index contributed by atoms with van der Waals surface area (Å²) in [5, 5.41) is 10.3. The number of aromatic nitrogens is 4. The van der Waals surface area contributed by atoms with E-state index in [9.17, 15) is 4.79 Å². The Labute approximate surface area is 137 Å². The van der Waals surface area contributed by atoms with Crippen LogP contribution in [-0.2, 0) is 0 Å². The average Bonchev–Trinajstić information content (AvgIpc) is 3.04. The van der Waals surface area contributed by atoms with Crippen molar-refractivity contribution in [3.63, 3.8) is 0 Å². The lowest BCUT2D eigenvalue weighted by molar-refractivity contribution is 0.0955. The number of methoxy groups -OCH3 is 1. The van der Waals surface area contributed by atoms with Crippen molar-refractivity contribution >= 4 is 28.9 Å². The summed E-state index contributed by atoms with van der Waals surface area (Å²) >= 11 is 0. The van der Waals surface area contributed by atoms with Crippen LogP contribution in [0.15, 0.2) is 30.6 Å². The van der Waals surface area contributed by atoms with Crippen LogP contribution in [0.1, 0.15) is 10.4 Å². The van der Waals surface area contributed by atoms with Gasteiger partial charge in [0.2, 0.25) is 5.88 Å². The van der Waals surface area contributed by atoms with E-state index in [1.807, 2.05) is 0 Å². The molecule has 0 fully saturated rings. The fourth-order valence-electron chi connectivity index (χ4n) is 2.23. The fraction of sp³-hybridized carbons (Fsp3) is 0.143. The Morgan fingerprint density at radius 3 is 2.96 bits per heavy atom. The number of fused-ring (bicyclic) bond motifs is 1. The van der Waals surface area contributed by atoms with Crippen molar-refractivity contribution in [1.82, 2.24) is 25.0 Å². The lowest BCUT2D eigenvalue weighted by Crippen LogP contribution is -2.30. The standard InChI is InChI=1S/C14H16N8O2/c1-16-11-6-10(19-9-4-3-5-17-14(9)24-2)20-12-8(13(23)21-15)7-18-22(11)12/h3-7,16H,15H2,1-2H3,(H,19,20)(H,21,23). The number of pyridine rings is 1. The molecule has 0 saturated carbocycles. The van der Waals surface area contributed by atoms with Gasteiger partial charge in [0.15, 0.2) is 5.65 Å². The minimum absolute atomic E-state index is 0.260. The molecule has 24 heavy (non-hydrogen) atoms. The van der Waals surface area contributed by atoms with E-state index in [1.165, 1.54) is 17.8 Å². The third-order valence-electron chi connectivity index (χ3n) is 3.33. The first kappa shape index (κ1) is 15.5. The fourth-order valence-corrected chi connectivity index (χ4v) is 2.23. The molecule has 0 unspecified atom stereocenters. The maximum Gasteiger partial charge on any atom is 0.270 e. The summed E-state index contributed by atoms with van der Waals surface area (Å²) in [5.74, 6) is 6.29. The van der Waals surface area contributed by atoms with Crippen LogP contribution in [0.5, 0.6) is 5.88 Å². The number of hydrogen-bond donors (Lipinski definition) is 4. The highest BCUT2D eigenvalue weighted by Crippen LogP contribution is 2.26. The number of nitrogen functional groups attached to an aromatic ring is 1. The van der Waals surface area contributed by atoms with Gasteiger partial charge in [0.25, 0.3) is 5.91 Å². The second-order valence-electron chi connectivity index (χ2n) is 4.73. The van der Waals surface area contributed by atoms with Crippen molar-refractivity contribution in [1.29, 1.82) is 0 Å². The largest absolute Gasteiger partial charge is 0.480 e. The van der Waals surface area contributed by atoms with Crippen molar-refractivity contribution < 1.29 is 9.53 Å². The molecule has 3 heterocycles. The van der Waals surface area contributed by atoms with Gasteiger partial charge in [-0.2, -0.15) is 9.61 Å². The van der Waals surface area contributed by atoms with E-state index < -0.39 is 5.91 Å². The van der Waals surface area contributed by atoms with E-state index in [4.69, 9.17) is 10.6 Å². The zero-order chi connectivity index (χ0) is 17.1. The summed E-state index contributed by atoms with van der Waals surface area (Å²) in [6.07, 6.45) is 3.03. The van der Waals surface area contributed by atoms with Gasteiger partial charge < -0.3 is 15.4 Å². The monoisotopic (exact) mass is 328 g/mol. The highest BCUT2D eigenvalue weighted by atomic mass is 16.5. The average molecular weight is 328 g/mol. The Balaban J connectivity index is 2.09. The number of carbonyl (C=O) groups is 1. The molecule has 0 aliphatic rings. The van der Waals surface area contributed by atoms with E-state index in [-0.39, 0.29) is 5.56 Å². The van der Waals surface area contributed by atoms with Crippen LogP contribution in [0.4, 0.5) is 17.3 Å². The van der Waals surface area contributed by atoms with Gasteiger partial charge in [0.1, 0.15) is 22.9 Å². The molecule has 0 saturated heterocycles. The molecule has 10 heteroatoms. The van der Waals surface area contributed by atoms with Gasteiger partial charge in [-0.3, -0.25) is 10.2 Å². The molecule has 124 valence electrons. The normalized spacial score (nSPS) is 10.5. The molecule has 3 aromatic rings. The zero-order valence-corrected chi connectivity index (χ0v) is 13.1. The first-order chi connectivity index (χ1) is 11.7. The first-order valence-electron chi connectivity index (χ1n) is 7.01. The number of ether oxygens (including phenoxy) is 1. The summed E-state index contributed by atoms with van der Waals surface area (Å²) in [7, 11) is 3.28. The minimum Gasteiger partial charge on any atom is -0.480 e. The Morgan fingerprint density at radius 1 is 1.42 bits per heavy atom. The molecule has 3 aromatic heterocycles. The lowest BCUT2D eigenvalue weighted by atomic mass is 10.3. The number of amides is 1. The smallest absolute Gasteiger partial charge is 0.270 e. The maximum atomic E-state index is 11.9. The number of nitrogens with zero attached hydrogens (tertiary/aromatic N) is 4. The van der Waals surface area contributed by atoms with Crippen molar-refractivity contribution in [2.45, 2.75) is 0 Å². The molecule has 0 radical (unpaired) electrons. The Morgan fingerprint density at radius 2 is 2.25 bits per heavy atom. The van der Waals surface area contributed by atoms with Crippen molar-refractivity contribution in [3.05, 3.63) is 36.2 Å². The van der Waals surface area contributed by atoms with Crippen LogP contribution in [0.25, 0.3) is 5.65 Å². The number of hydrazine groups is 1. The third-order valence-corrected chi connectivity index (χ3v) is 3.33. The number of anilines is 3. The third kappa shape index (κ3) is 2.65. The molecule has 0 atom stereocenters. The number of nitrogens with one attached hydrogen (secondary N) is 3. The number of nitrogens with two attached hydrogens (primary N) is 1. The second-order valence-corrected chi connectivity index (χ2v) is 4.73. The molecule has 0 spiro atoms. The SMILES string of the molecule is CNc1cc(Nc2cccnc2OC)nc2c(C(=O)NN)cnn12. The molecule has 0 aromatic carbocycles. The molecular formula is C14H16N8O2. The molecule has 0 aliphatic heterocycles. The van der Waals surface area contributed by atoms with Crippen LogP contribution in [0, 0.1) is 0 Å². The van der Waals surface area contributed by atoms with Gasteiger partial charge >= 0.3 is 0 Å². The van der Waals surface area contributed by atoms with Crippen LogP contribution in [-0.4, -0.2) is 39.6 Å². The van der Waals surface area contributed by atoms with Crippen molar-refractivity contribution in [2.75, 3.05) is 24.8 Å². The van der Waals surface area contributed by atoms with Crippen LogP contribution in [0.2, 0.25) is 0 Å². The molecule has 3 rings (SSSR count). The lowest BCUT2D eigenvalue weighted by Gasteiger charge is -2.11. The van der Waals surface area contributed by atoms with E-state index in [1.54, 1.807) is 31.4 Å². The van der Waals surface area contributed by atoms with Gasteiger partial charge in [-0.15, -0.1) is 0 Å². The van der Waals surface area contributed by atoms with Crippen LogP contribution < -0.4 is 26.6 Å². The van der Waals surface area contributed by atoms with E-state index >= 15 is 0 Å². The maximum absolute atomic E-state index is 11.9. The summed E-state index contributed by atoms with van der Waals surface area (Å²) in [5.41, 5.74) is 3.34. The summed E-state index contributed by atoms with van der Waals surface area (Å²) < 4.78 is 6.72. The molecule has 0 aliphatic carbocycles. The minimum atomic E-state index is -0.476. The van der Waals surface area contributed by atoms with Crippen molar-refractivity contribution in [2.24, 2.45) is 5.84 Å². The van der Waals surface area contributed by atoms with Crippen LogP contribution >= 0.6 is 0 Å². The van der Waals surface area contributed by atoms with Crippen LogP contribution in [0.3, 0.4) is 0 Å². The van der Waals surface area contributed by atoms with E-state index in [2.05, 4.69) is 31.1 Å². The molecule has 0 bridgehead atoms. The summed E-state index contributed by atoms with van der Waals surface area (Å²) in [4.78, 5) is 20.4. The Hall–Kier alpha value is -3.40. The quantitative estimate of drug-likeness (QED) is 0.303. The predicted octanol–water partition coefficient (Wildman–Crippen LogP) is 0.522. The molecule has 5 N–H and O–H groups in total. The number of rotatable bonds is 5. The first-order valence-corrected chi connectivity index (χ1v) is 7.01. The zero-order valence-electron chi connectivity index (χ0n) is 13.1. The Kier molecular flexibility index (Phi) is 4.12. The molecular weight excluding hydrogens is 312 g/mol. The summed E-state index contributed by atoms with van der Waals surface area (Å²) in [6, 6.07) is 5.33.